The Hall–Kier alpha value is -1.83. The van der Waals surface area contributed by atoms with Crippen LogP contribution in [-0.2, 0) is 23.8 Å². The van der Waals surface area contributed by atoms with Gasteiger partial charge in [0.2, 0.25) is 0 Å². The monoisotopic (exact) mass is 344 g/mol. The molecule has 0 aliphatic carbocycles. The molecule has 1 rings (SSSR count). The molecule has 0 saturated carbocycles. The second-order valence-corrected chi connectivity index (χ2v) is 6.69. The van der Waals surface area contributed by atoms with Gasteiger partial charge < -0.3 is 19.5 Å². The first kappa shape index (κ1) is 20.2. The van der Waals surface area contributed by atoms with Gasteiger partial charge in [0.1, 0.15) is 11.6 Å². The minimum atomic E-state index is -0.935. The third-order valence-corrected chi connectivity index (χ3v) is 3.42. The zero-order valence-electron chi connectivity index (χ0n) is 15.1. The van der Waals surface area contributed by atoms with Crippen molar-refractivity contribution in [2.45, 2.75) is 58.3 Å². The van der Waals surface area contributed by atoms with Crippen molar-refractivity contribution in [2.75, 3.05) is 26.8 Å². The van der Waals surface area contributed by atoms with Gasteiger partial charge in [-0.1, -0.05) is 0 Å². The van der Waals surface area contributed by atoms with Gasteiger partial charge in [0.25, 0.3) is 5.91 Å². The largest absolute Gasteiger partial charge is 0.451 e. The minimum absolute atomic E-state index is 0.338. The number of amides is 2. The summed E-state index contributed by atoms with van der Waals surface area (Å²) in [6, 6.07) is -0.714. The summed E-state index contributed by atoms with van der Waals surface area (Å²) in [5.74, 6) is -0.991. The second-order valence-electron chi connectivity index (χ2n) is 6.69. The molecule has 0 bridgehead atoms. The Morgan fingerprint density at radius 2 is 1.96 bits per heavy atom. The molecule has 1 aliphatic heterocycles. The molecule has 0 unspecified atom stereocenters. The molecule has 1 aliphatic rings. The molecular weight excluding hydrogens is 316 g/mol. The maximum atomic E-state index is 12.3. The number of ether oxygens (including phenoxy) is 3. The number of esters is 1. The van der Waals surface area contributed by atoms with Crippen molar-refractivity contribution in [3.63, 3.8) is 0 Å². The lowest BCUT2D eigenvalue weighted by Gasteiger charge is -2.28. The number of carbonyl (C=O) groups excluding carboxylic acids is 3. The van der Waals surface area contributed by atoms with Crippen LogP contribution in [0.3, 0.4) is 0 Å². The van der Waals surface area contributed by atoms with Crippen LogP contribution in [-0.4, -0.2) is 67.4 Å². The fourth-order valence-electron chi connectivity index (χ4n) is 2.28. The lowest BCUT2D eigenvalue weighted by Crippen LogP contribution is -2.46. The summed E-state index contributed by atoms with van der Waals surface area (Å²) < 4.78 is 15.3. The van der Waals surface area contributed by atoms with Crippen LogP contribution in [0.15, 0.2) is 0 Å². The summed E-state index contributed by atoms with van der Waals surface area (Å²) in [4.78, 5) is 37.7. The van der Waals surface area contributed by atoms with Crippen molar-refractivity contribution in [1.29, 1.82) is 0 Å². The lowest BCUT2D eigenvalue weighted by molar-refractivity contribution is -0.158. The lowest BCUT2D eigenvalue weighted by atomic mass is 10.2. The number of rotatable bonds is 6. The van der Waals surface area contributed by atoms with Gasteiger partial charge in [-0.05, 0) is 40.5 Å². The van der Waals surface area contributed by atoms with Crippen LogP contribution in [0, 0.1) is 0 Å². The molecule has 2 amide bonds. The topological polar surface area (TPSA) is 94.2 Å². The van der Waals surface area contributed by atoms with E-state index >= 15 is 0 Å². The van der Waals surface area contributed by atoms with Crippen LogP contribution in [0.1, 0.15) is 40.5 Å². The van der Waals surface area contributed by atoms with Gasteiger partial charge in [0.15, 0.2) is 6.10 Å². The Bertz CT molecular complexity index is 460. The number of nitrogens with zero attached hydrogens (tertiary/aromatic N) is 1. The first-order chi connectivity index (χ1) is 11.2. The van der Waals surface area contributed by atoms with Gasteiger partial charge in [-0.2, -0.15) is 0 Å². The van der Waals surface area contributed by atoms with Crippen molar-refractivity contribution in [3.05, 3.63) is 0 Å². The Morgan fingerprint density at radius 1 is 1.29 bits per heavy atom. The molecule has 0 radical (unpaired) electrons. The highest BCUT2D eigenvalue weighted by molar-refractivity contribution is 5.86. The first-order valence-electron chi connectivity index (χ1n) is 8.12. The molecule has 0 aromatic rings. The molecule has 1 fully saturated rings. The highest BCUT2D eigenvalue weighted by Crippen LogP contribution is 2.22. The summed E-state index contributed by atoms with van der Waals surface area (Å²) in [5.41, 5.74) is -0.636. The predicted octanol–water partition coefficient (Wildman–Crippen LogP) is 1.08. The average Bonchev–Trinajstić information content (AvgIpc) is 2.95. The van der Waals surface area contributed by atoms with Crippen LogP contribution in [0.25, 0.3) is 0 Å². The van der Waals surface area contributed by atoms with Crippen LogP contribution in [0.4, 0.5) is 4.79 Å². The second kappa shape index (κ2) is 8.86. The summed E-state index contributed by atoms with van der Waals surface area (Å²) >= 11 is 0. The van der Waals surface area contributed by atoms with Crippen LogP contribution < -0.4 is 5.32 Å². The smallest absolute Gasteiger partial charge is 0.411 e. The maximum Gasteiger partial charge on any atom is 0.411 e. The Labute approximate surface area is 142 Å². The number of hydrogen-bond donors (Lipinski definition) is 1. The van der Waals surface area contributed by atoms with E-state index in [0.717, 1.165) is 0 Å². The van der Waals surface area contributed by atoms with E-state index in [1.165, 1.54) is 18.9 Å². The Morgan fingerprint density at radius 3 is 2.54 bits per heavy atom. The van der Waals surface area contributed by atoms with Crippen molar-refractivity contribution < 1.29 is 28.6 Å². The van der Waals surface area contributed by atoms with Crippen molar-refractivity contribution in [1.82, 2.24) is 10.2 Å². The molecule has 2 atom stereocenters. The van der Waals surface area contributed by atoms with E-state index in [0.29, 0.717) is 32.5 Å². The van der Waals surface area contributed by atoms with Crippen LogP contribution >= 0.6 is 0 Å². The highest BCUT2D eigenvalue weighted by Gasteiger charge is 2.38. The first-order valence-corrected chi connectivity index (χ1v) is 8.12. The summed E-state index contributed by atoms with van der Waals surface area (Å²) in [5, 5.41) is 2.60. The van der Waals surface area contributed by atoms with Gasteiger partial charge in [0.05, 0.1) is 6.61 Å². The van der Waals surface area contributed by atoms with E-state index < -0.39 is 35.7 Å². The van der Waals surface area contributed by atoms with E-state index in [1.54, 1.807) is 20.8 Å². The van der Waals surface area contributed by atoms with Gasteiger partial charge >= 0.3 is 12.1 Å². The summed E-state index contributed by atoms with van der Waals surface area (Å²) in [6.45, 7) is 7.93. The number of carbonyl (C=O) groups is 3. The zero-order chi connectivity index (χ0) is 18.3. The van der Waals surface area contributed by atoms with Crippen LogP contribution in [0.2, 0.25) is 0 Å². The molecule has 1 saturated heterocycles. The van der Waals surface area contributed by atoms with E-state index in [4.69, 9.17) is 14.2 Å². The minimum Gasteiger partial charge on any atom is -0.451 e. The SMILES string of the molecule is COCCNC(=O)[C@H](C)OC(=O)[C@@H]1CCCN1C(=O)OC(C)(C)C. The quantitative estimate of drug-likeness (QED) is 0.572. The fourth-order valence-corrected chi connectivity index (χ4v) is 2.28. The van der Waals surface area contributed by atoms with E-state index in [2.05, 4.69) is 5.32 Å². The predicted molar refractivity (Wildman–Crippen MR) is 86.4 cm³/mol. The number of methoxy groups -OCH3 is 1. The molecule has 138 valence electrons. The fraction of sp³-hybridized carbons (Fsp3) is 0.812. The third kappa shape index (κ3) is 6.35. The molecular formula is C16H28N2O6. The standard InChI is InChI=1S/C16H28N2O6/c1-11(13(19)17-8-10-22-5)23-14(20)12-7-6-9-18(12)15(21)24-16(2,3)4/h11-12H,6-10H2,1-5H3,(H,17,19)/t11-,12-/m0/s1. The zero-order valence-corrected chi connectivity index (χ0v) is 15.1. The molecule has 0 aromatic heterocycles. The van der Waals surface area contributed by atoms with Crippen LogP contribution in [0.5, 0.6) is 0 Å². The maximum absolute atomic E-state index is 12.3. The number of nitrogens with one attached hydrogen (secondary N) is 1. The average molecular weight is 344 g/mol. The number of hydrogen-bond acceptors (Lipinski definition) is 6. The van der Waals surface area contributed by atoms with Gasteiger partial charge in [-0.25, -0.2) is 9.59 Å². The van der Waals surface area contributed by atoms with Crippen molar-refractivity contribution in [3.8, 4) is 0 Å². The Balaban J connectivity index is 2.56. The normalized spacial score (nSPS) is 18.9. The molecule has 8 heteroatoms. The molecule has 1 heterocycles. The molecule has 0 spiro atoms. The molecule has 1 N–H and O–H groups in total. The summed E-state index contributed by atoms with van der Waals surface area (Å²) in [7, 11) is 1.53. The van der Waals surface area contributed by atoms with Gasteiger partial charge in [0, 0.05) is 20.2 Å². The van der Waals surface area contributed by atoms with E-state index in [1.807, 2.05) is 0 Å². The van der Waals surface area contributed by atoms with Crippen molar-refractivity contribution in [2.24, 2.45) is 0 Å². The van der Waals surface area contributed by atoms with Gasteiger partial charge in [-0.15, -0.1) is 0 Å². The third-order valence-electron chi connectivity index (χ3n) is 3.42. The molecule has 0 aromatic carbocycles. The van der Waals surface area contributed by atoms with E-state index in [-0.39, 0.29) is 0 Å². The highest BCUT2D eigenvalue weighted by atomic mass is 16.6. The van der Waals surface area contributed by atoms with Gasteiger partial charge in [-0.3, -0.25) is 9.69 Å². The van der Waals surface area contributed by atoms with Crippen molar-refractivity contribution >= 4 is 18.0 Å². The molecule has 24 heavy (non-hydrogen) atoms. The molecule has 8 nitrogen and oxygen atoms in total. The van der Waals surface area contributed by atoms with E-state index in [9.17, 15) is 14.4 Å². The number of likely N-dealkylation sites (tertiary alicyclic amines) is 1. The summed E-state index contributed by atoms with van der Waals surface area (Å²) in [6.07, 6.45) is -0.293. The Kier molecular flexibility index (Phi) is 7.47.